The lowest BCUT2D eigenvalue weighted by Gasteiger charge is -2.27. The number of fused-ring (bicyclic) bond motifs is 1. The van der Waals surface area contributed by atoms with Gasteiger partial charge < -0.3 is 14.5 Å². The molecular formula is C14H15ClN4O4. The normalized spacial score (nSPS) is 13.9. The first-order valence-electron chi connectivity index (χ1n) is 7.12. The fraction of sp³-hybridized carbons (Fsp3) is 0.429. The third-order valence-electron chi connectivity index (χ3n) is 3.91. The molecule has 0 unspecified atom stereocenters. The predicted molar refractivity (Wildman–Crippen MR) is 79.1 cm³/mol. The highest BCUT2D eigenvalue weighted by Gasteiger charge is 2.29. The van der Waals surface area contributed by atoms with Gasteiger partial charge in [-0.25, -0.2) is 4.79 Å². The molecular weight excluding hydrogens is 324 g/mol. The molecule has 3 rings (SSSR count). The third-order valence-corrected chi connectivity index (χ3v) is 4.09. The Labute approximate surface area is 136 Å². The van der Waals surface area contributed by atoms with Crippen molar-refractivity contribution in [3.05, 3.63) is 33.9 Å². The van der Waals surface area contributed by atoms with E-state index in [2.05, 4.69) is 10.3 Å². The molecule has 0 fully saturated rings. The summed E-state index contributed by atoms with van der Waals surface area (Å²) >= 11 is 5.66. The summed E-state index contributed by atoms with van der Waals surface area (Å²) in [4.78, 5) is 25.2. The van der Waals surface area contributed by atoms with Crippen LogP contribution in [0.3, 0.4) is 0 Å². The lowest BCUT2D eigenvalue weighted by Crippen LogP contribution is -2.36. The number of rotatable bonds is 4. The lowest BCUT2D eigenvalue weighted by molar-refractivity contribution is -0.132. The summed E-state index contributed by atoms with van der Waals surface area (Å²) in [6.45, 7) is 0.808. The smallest absolute Gasteiger partial charge is 0.356 e. The van der Waals surface area contributed by atoms with Gasteiger partial charge in [0.2, 0.25) is 5.91 Å². The highest BCUT2D eigenvalue weighted by molar-refractivity contribution is 6.29. The molecule has 2 aromatic rings. The molecule has 1 aliphatic rings. The van der Waals surface area contributed by atoms with Crippen LogP contribution >= 0.6 is 11.6 Å². The molecule has 3 heterocycles. The number of amides is 1. The van der Waals surface area contributed by atoms with Crippen molar-refractivity contribution < 1.29 is 19.2 Å². The largest absolute Gasteiger partial charge is 0.476 e. The molecule has 0 saturated heterocycles. The van der Waals surface area contributed by atoms with Gasteiger partial charge in [0, 0.05) is 56.7 Å². The van der Waals surface area contributed by atoms with E-state index in [0.717, 1.165) is 5.69 Å². The molecule has 8 nitrogen and oxygen atoms in total. The van der Waals surface area contributed by atoms with Crippen LogP contribution in [0.25, 0.3) is 0 Å². The van der Waals surface area contributed by atoms with Crippen molar-refractivity contribution in [2.45, 2.75) is 25.8 Å². The Hall–Kier alpha value is -2.35. The zero-order chi connectivity index (χ0) is 16.6. The average Bonchev–Trinajstić information content (AvgIpc) is 3.08. The summed E-state index contributed by atoms with van der Waals surface area (Å²) in [5, 5.41) is 17.1. The van der Waals surface area contributed by atoms with Crippen molar-refractivity contribution in [2.24, 2.45) is 7.05 Å². The first kappa shape index (κ1) is 15.5. The lowest BCUT2D eigenvalue weighted by atomic mass is 10.0. The maximum absolute atomic E-state index is 12.3. The quantitative estimate of drug-likeness (QED) is 0.901. The van der Waals surface area contributed by atoms with Crippen LogP contribution in [0.15, 0.2) is 10.6 Å². The van der Waals surface area contributed by atoms with E-state index >= 15 is 0 Å². The molecule has 0 aliphatic carbocycles. The van der Waals surface area contributed by atoms with Crippen LogP contribution in [0, 0.1) is 0 Å². The minimum atomic E-state index is -1.08. The number of halogens is 1. The van der Waals surface area contributed by atoms with Crippen LogP contribution in [0.5, 0.6) is 0 Å². The van der Waals surface area contributed by atoms with Crippen molar-refractivity contribution in [2.75, 3.05) is 6.54 Å². The predicted octanol–water partition coefficient (Wildman–Crippen LogP) is 1.28. The number of aryl methyl sites for hydroxylation is 2. The minimum Gasteiger partial charge on any atom is -0.476 e. The summed E-state index contributed by atoms with van der Waals surface area (Å²) in [6.07, 6.45) is 1.25. The molecule has 1 N–H and O–H groups in total. The summed E-state index contributed by atoms with van der Waals surface area (Å²) in [7, 11) is 1.72. The number of hydrogen-bond donors (Lipinski definition) is 1. The molecule has 0 bridgehead atoms. The summed E-state index contributed by atoms with van der Waals surface area (Å²) in [5.41, 5.74) is 1.50. The number of aromatic carboxylic acids is 1. The number of aromatic nitrogens is 3. The van der Waals surface area contributed by atoms with Crippen LogP contribution in [-0.4, -0.2) is 43.4 Å². The van der Waals surface area contributed by atoms with E-state index in [1.165, 1.54) is 0 Å². The third kappa shape index (κ3) is 3.07. The molecule has 1 amide bonds. The fourth-order valence-electron chi connectivity index (χ4n) is 2.77. The van der Waals surface area contributed by atoms with Gasteiger partial charge in [0.05, 0.1) is 0 Å². The number of carboxylic acids is 1. The Balaban J connectivity index is 1.68. The molecule has 0 atom stereocenters. The number of carboxylic acid groups (broad SMARTS) is 1. The number of hydrogen-bond acceptors (Lipinski definition) is 5. The zero-order valence-corrected chi connectivity index (χ0v) is 13.2. The highest BCUT2D eigenvalue weighted by Crippen LogP contribution is 2.23. The van der Waals surface area contributed by atoms with Gasteiger partial charge in [0.25, 0.3) is 0 Å². The molecule has 23 heavy (non-hydrogen) atoms. The van der Waals surface area contributed by atoms with Crippen LogP contribution in [0.1, 0.15) is 33.9 Å². The summed E-state index contributed by atoms with van der Waals surface area (Å²) < 4.78 is 6.55. The van der Waals surface area contributed by atoms with Crippen LogP contribution in [-0.2, 0) is 31.2 Å². The summed E-state index contributed by atoms with van der Waals surface area (Å²) in [6, 6.07) is 1.58. The second kappa shape index (κ2) is 6.04. The van der Waals surface area contributed by atoms with Crippen molar-refractivity contribution in [3.8, 4) is 0 Å². The van der Waals surface area contributed by atoms with Gasteiger partial charge in [0.15, 0.2) is 10.8 Å². The van der Waals surface area contributed by atoms with E-state index in [9.17, 15) is 14.7 Å². The molecule has 1 aliphatic heterocycles. The van der Waals surface area contributed by atoms with E-state index in [4.69, 9.17) is 16.1 Å². The van der Waals surface area contributed by atoms with E-state index < -0.39 is 5.97 Å². The second-order valence-corrected chi connectivity index (χ2v) is 5.77. The first-order valence-corrected chi connectivity index (χ1v) is 7.50. The van der Waals surface area contributed by atoms with Gasteiger partial charge in [-0.3, -0.25) is 9.48 Å². The van der Waals surface area contributed by atoms with E-state index in [1.807, 2.05) is 0 Å². The standard InChI is InChI=1S/C14H15ClN4O4/c1-18-10-4-5-19(7-9(10)13(16-18)14(21)22)12(20)3-2-8-6-11(15)17-23-8/h6H,2-5,7H2,1H3,(H,21,22). The number of carbonyl (C=O) groups excluding carboxylic acids is 1. The van der Waals surface area contributed by atoms with Crippen LogP contribution in [0.4, 0.5) is 0 Å². The monoisotopic (exact) mass is 338 g/mol. The maximum atomic E-state index is 12.3. The number of nitrogens with zero attached hydrogens (tertiary/aromatic N) is 4. The molecule has 0 radical (unpaired) electrons. The average molecular weight is 339 g/mol. The van der Waals surface area contributed by atoms with Gasteiger partial charge in [0.1, 0.15) is 5.76 Å². The molecule has 122 valence electrons. The van der Waals surface area contributed by atoms with Crippen molar-refractivity contribution in [3.63, 3.8) is 0 Å². The Morgan fingerprint density at radius 3 is 2.91 bits per heavy atom. The minimum absolute atomic E-state index is 0.0158. The van der Waals surface area contributed by atoms with E-state index in [-0.39, 0.29) is 29.7 Å². The van der Waals surface area contributed by atoms with Crippen molar-refractivity contribution >= 4 is 23.5 Å². The maximum Gasteiger partial charge on any atom is 0.356 e. The second-order valence-electron chi connectivity index (χ2n) is 5.38. The Morgan fingerprint density at radius 1 is 1.48 bits per heavy atom. The van der Waals surface area contributed by atoms with Gasteiger partial charge >= 0.3 is 5.97 Å². The molecule has 2 aromatic heterocycles. The SMILES string of the molecule is Cn1nc(C(=O)O)c2c1CCN(C(=O)CCc1cc(Cl)no1)C2. The van der Waals surface area contributed by atoms with Crippen molar-refractivity contribution in [1.29, 1.82) is 0 Å². The van der Waals surface area contributed by atoms with Crippen molar-refractivity contribution in [1.82, 2.24) is 19.8 Å². The Morgan fingerprint density at radius 2 is 2.26 bits per heavy atom. The topological polar surface area (TPSA) is 101 Å². The van der Waals surface area contributed by atoms with E-state index in [0.29, 0.717) is 30.7 Å². The van der Waals surface area contributed by atoms with Gasteiger partial charge in [-0.1, -0.05) is 16.8 Å². The number of carbonyl (C=O) groups is 2. The first-order chi connectivity index (χ1) is 11.0. The Bertz CT molecular complexity index is 767. The van der Waals surface area contributed by atoms with Gasteiger partial charge in [-0.2, -0.15) is 5.10 Å². The molecule has 9 heteroatoms. The summed E-state index contributed by atoms with van der Waals surface area (Å²) in [5.74, 6) is -0.593. The molecule has 0 saturated carbocycles. The van der Waals surface area contributed by atoms with Gasteiger partial charge in [-0.05, 0) is 0 Å². The Kier molecular flexibility index (Phi) is 4.08. The highest BCUT2D eigenvalue weighted by atomic mass is 35.5. The van der Waals surface area contributed by atoms with Gasteiger partial charge in [-0.15, -0.1) is 0 Å². The van der Waals surface area contributed by atoms with E-state index in [1.54, 1.807) is 22.7 Å². The fourth-order valence-corrected chi connectivity index (χ4v) is 2.93. The van der Waals surface area contributed by atoms with Crippen LogP contribution in [0.2, 0.25) is 5.15 Å². The molecule has 0 spiro atoms. The zero-order valence-electron chi connectivity index (χ0n) is 12.5. The van der Waals surface area contributed by atoms with Crippen LogP contribution < -0.4 is 0 Å². The molecule has 0 aromatic carbocycles.